The number of esters is 1. The second-order valence-corrected chi connectivity index (χ2v) is 3.17. The molecule has 0 aromatic rings. The number of rotatable bonds is 4. The lowest BCUT2D eigenvalue weighted by Crippen LogP contribution is -2.39. The van der Waals surface area contributed by atoms with Gasteiger partial charge in [-0.15, -0.1) is 0 Å². The minimum absolute atomic E-state index is 0.526. The number of aliphatic carboxylic acids is 1. The zero-order valence-corrected chi connectivity index (χ0v) is 8.47. The fourth-order valence-electron chi connectivity index (χ4n) is 1.29. The van der Waals surface area contributed by atoms with Gasteiger partial charge in [0.2, 0.25) is 0 Å². The van der Waals surface area contributed by atoms with E-state index >= 15 is 0 Å². The summed E-state index contributed by atoms with van der Waals surface area (Å²) < 4.78 is 14.5. The number of hydrogen-bond acceptors (Lipinski definition) is 5. The Morgan fingerprint density at radius 2 is 2.20 bits per heavy atom. The van der Waals surface area contributed by atoms with Crippen LogP contribution in [0.15, 0.2) is 0 Å². The number of carboxylic acid groups (broad SMARTS) is 1. The Bertz CT molecular complexity index is 233. The molecule has 1 saturated heterocycles. The van der Waals surface area contributed by atoms with Crippen molar-refractivity contribution in [2.45, 2.75) is 31.7 Å². The quantitative estimate of drug-likeness (QED) is 0.534. The van der Waals surface area contributed by atoms with Crippen molar-refractivity contribution in [1.29, 1.82) is 0 Å². The standard InChI is InChI=1S/C9H14O6/c1-13-9(12)7(8(10)11)15-6-4-2-3-5-14-6/h6-7H,2-5H2,1H3,(H,10,11). The molecule has 0 aliphatic carbocycles. The predicted molar refractivity (Wildman–Crippen MR) is 48.1 cm³/mol. The van der Waals surface area contributed by atoms with Gasteiger partial charge in [-0.2, -0.15) is 0 Å². The molecule has 86 valence electrons. The number of carbonyl (C=O) groups is 2. The van der Waals surface area contributed by atoms with Crippen molar-refractivity contribution in [2.75, 3.05) is 13.7 Å². The number of methoxy groups -OCH3 is 1. The molecule has 15 heavy (non-hydrogen) atoms. The highest BCUT2D eigenvalue weighted by Crippen LogP contribution is 2.15. The minimum atomic E-state index is -1.60. The van der Waals surface area contributed by atoms with Crippen LogP contribution in [0.25, 0.3) is 0 Å². The molecule has 0 radical (unpaired) electrons. The van der Waals surface area contributed by atoms with Gasteiger partial charge in [0.15, 0.2) is 6.29 Å². The first-order chi connectivity index (χ1) is 7.15. The molecule has 0 spiro atoms. The van der Waals surface area contributed by atoms with E-state index in [2.05, 4.69) is 4.74 Å². The molecule has 0 amide bonds. The van der Waals surface area contributed by atoms with Gasteiger partial charge in [0.25, 0.3) is 6.10 Å². The van der Waals surface area contributed by atoms with E-state index in [1.54, 1.807) is 0 Å². The number of carbonyl (C=O) groups excluding carboxylic acids is 1. The second kappa shape index (κ2) is 5.67. The average molecular weight is 218 g/mol. The third-order valence-corrected chi connectivity index (χ3v) is 2.07. The summed E-state index contributed by atoms with van der Waals surface area (Å²) in [5, 5.41) is 8.72. The zero-order valence-electron chi connectivity index (χ0n) is 8.47. The molecule has 2 unspecified atom stereocenters. The molecule has 6 nitrogen and oxygen atoms in total. The van der Waals surface area contributed by atoms with Crippen LogP contribution in [0.5, 0.6) is 0 Å². The maximum atomic E-state index is 11.0. The SMILES string of the molecule is COC(=O)C(OC1CCCCO1)C(=O)O. The fraction of sp³-hybridized carbons (Fsp3) is 0.778. The van der Waals surface area contributed by atoms with Crippen LogP contribution in [0.3, 0.4) is 0 Å². The van der Waals surface area contributed by atoms with Gasteiger partial charge in [-0.05, 0) is 19.3 Å². The van der Waals surface area contributed by atoms with Crippen molar-refractivity contribution in [2.24, 2.45) is 0 Å². The minimum Gasteiger partial charge on any atom is -0.479 e. The lowest BCUT2D eigenvalue weighted by atomic mass is 10.2. The fourth-order valence-corrected chi connectivity index (χ4v) is 1.29. The van der Waals surface area contributed by atoms with Gasteiger partial charge < -0.3 is 19.3 Å². The van der Waals surface area contributed by atoms with Crippen LogP contribution in [0.1, 0.15) is 19.3 Å². The second-order valence-electron chi connectivity index (χ2n) is 3.17. The summed E-state index contributed by atoms with van der Waals surface area (Å²) in [5.41, 5.74) is 0. The molecule has 2 atom stereocenters. The Kier molecular flexibility index (Phi) is 4.51. The van der Waals surface area contributed by atoms with Crippen LogP contribution < -0.4 is 0 Å². The molecule has 0 bridgehead atoms. The number of hydrogen-bond donors (Lipinski definition) is 1. The molecule has 1 fully saturated rings. The van der Waals surface area contributed by atoms with Crippen molar-refractivity contribution in [1.82, 2.24) is 0 Å². The number of ether oxygens (including phenoxy) is 3. The normalized spacial score (nSPS) is 23.1. The Labute approximate surface area is 87.1 Å². The lowest BCUT2D eigenvalue weighted by molar-refractivity contribution is -0.209. The molecular formula is C9H14O6. The van der Waals surface area contributed by atoms with Crippen molar-refractivity contribution >= 4 is 11.9 Å². The molecule has 1 heterocycles. The summed E-state index contributed by atoms with van der Waals surface area (Å²) >= 11 is 0. The van der Waals surface area contributed by atoms with Gasteiger partial charge in [0.05, 0.1) is 7.11 Å². The molecule has 1 rings (SSSR count). The maximum absolute atomic E-state index is 11.0. The molecule has 1 aliphatic heterocycles. The van der Waals surface area contributed by atoms with Gasteiger partial charge in [-0.1, -0.05) is 0 Å². The molecule has 0 aromatic carbocycles. The maximum Gasteiger partial charge on any atom is 0.346 e. The monoisotopic (exact) mass is 218 g/mol. The summed E-state index contributed by atoms with van der Waals surface area (Å²) in [6.07, 6.45) is 0.200. The van der Waals surface area contributed by atoms with Gasteiger partial charge in [-0.25, -0.2) is 9.59 Å². The van der Waals surface area contributed by atoms with Crippen LogP contribution >= 0.6 is 0 Å². The first-order valence-corrected chi connectivity index (χ1v) is 4.73. The van der Waals surface area contributed by atoms with Crippen molar-refractivity contribution < 1.29 is 28.9 Å². The van der Waals surface area contributed by atoms with E-state index in [9.17, 15) is 9.59 Å². The van der Waals surface area contributed by atoms with E-state index in [1.165, 1.54) is 0 Å². The first kappa shape index (κ1) is 11.9. The largest absolute Gasteiger partial charge is 0.479 e. The lowest BCUT2D eigenvalue weighted by Gasteiger charge is -2.24. The smallest absolute Gasteiger partial charge is 0.346 e. The van der Waals surface area contributed by atoms with Crippen molar-refractivity contribution in [3.8, 4) is 0 Å². The van der Waals surface area contributed by atoms with Crippen LogP contribution in [0, 0.1) is 0 Å². The van der Waals surface area contributed by atoms with E-state index in [1.807, 2.05) is 0 Å². The third-order valence-electron chi connectivity index (χ3n) is 2.07. The van der Waals surface area contributed by atoms with Gasteiger partial charge in [0, 0.05) is 6.61 Å². The molecule has 1 aliphatic rings. The number of carboxylic acids is 1. The summed E-state index contributed by atoms with van der Waals surface area (Å²) in [4.78, 5) is 21.7. The van der Waals surface area contributed by atoms with Crippen LogP contribution in [-0.2, 0) is 23.8 Å². The highest BCUT2D eigenvalue weighted by Gasteiger charge is 2.32. The van der Waals surface area contributed by atoms with E-state index < -0.39 is 24.3 Å². The Balaban J connectivity index is 2.49. The van der Waals surface area contributed by atoms with E-state index in [0.29, 0.717) is 13.0 Å². The molecule has 1 N–H and O–H groups in total. The Morgan fingerprint density at radius 1 is 1.47 bits per heavy atom. The summed E-state index contributed by atoms with van der Waals surface area (Å²) in [6.45, 7) is 0.526. The highest BCUT2D eigenvalue weighted by molar-refractivity contribution is 5.96. The summed E-state index contributed by atoms with van der Waals surface area (Å²) in [6, 6.07) is 0. The molecule has 0 aromatic heterocycles. The first-order valence-electron chi connectivity index (χ1n) is 4.73. The Hall–Kier alpha value is -1.14. The van der Waals surface area contributed by atoms with E-state index in [-0.39, 0.29) is 0 Å². The van der Waals surface area contributed by atoms with Crippen molar-refractivity contribution in [3.63, 3.8) is 0 Å². The topological polar surface area (TPSA) is 82.1 Å². The molecule has 0 saturated carbocycles. The molecular weight excluding hydrogens is 204 g/mol. The van der Waals surface area contributed by atoms with Gasteiger partial charge in [-0.3, -0.25) is 0 Å². The highest BCUT2D eigenvalue weighted by atomic mass is 16.7. The summed E-state index contributed by atoms with van der Waals surface area (Å²) in [7, 11) is 1.11. The van der Waals surface area contributed by atoms with Crippen LogP contribution in [-0.4, -0.2) is 43.2 Å². The van der Waals surface area contributed by atoms with Crippen molar-refractivity contribution in [3.05, 3.63) is 0 Å². The average Bonchev–Trinajstić information content (AvgIpc) is 2.26. The van der Waals surface area contributed by atoms with E-state index in [0.717, 1.165) is 20.0 Å². The Morgan fingerprint density at radius 3 is 2.67 bits per heavy atom. The van der Waals surface area contributed by atoms with Gasteiger partial charge >= 0.3 is 11.9 Å². The van der Waals surface area contributed by atoms with E-state index in [4.69, 9.17) is 14.6 Å². The third kappa shape index (κ3) is 3.49. The molecule has 6 heteroatoms. The van der Waals surface area contributed by atoms with Crippen LogP contribution in [0.4, 0.5) is 0 Å². The zero-order chi connectivity index (χ0) is 11.3. The predicted octanol–water partition coefficient (Wildman–Crippen LogP) is 0.156. The summed E-state index contributed by atoms with van der Waals surface area (Å²) in [5.74, 6) is -2.28. The van der Waals surface area contributed by atoms with Gasteiger partial charge in [0.1, 0.15) is 0 Å². The van der Waals surface area contributed by atoms with Crippen LogP contribution in [0.2, 0.25) is 0 Å².